The van der Waals surface area contributed by atoms with Crippen LogP contribution in [0.15, 0.2) is 53.9 Å². The van der Waals surface area contributed by atoms with Gasteiger partial charge in [0.2, 0.25) is 0 Å². The molecule has 3 aromatic rings. The van der Waals surface area contributed by atoms with Crippen LogP contribution in [0.25, 0.3) is 10.1 Å². The highest BCUT2D eigenvalue weighted by Gasteiger charge is 2.13. The Morgan fingerprint density at radius 3 is 2.79 bits per heavy atom. The number of thiophene rings is 1. The van der Waals surface area contributed by atoms with E-state index in [1.165, 1.54) is 0 Å². The lowest BCUT2D eigenvalue weighted by Gasteiger charge is -2.05. The Morgan fingerprint density at radius 2 is 1.95 bits per heavy atom. The van der Waals surface area contributed by atoms with E-state index in [-0.39, 0.29) is 5.78 Å². The Morgan fingerprint density at radius 1 is 1.11 bits per heavy atom. The van der Waals surface area contributed by atoms with Crippen LogP contribution in [0.2, 0.25) is 0 Å². The molecule has 0 fully saturated rings. The summed E-state index contributed by atoms with van der Waals surface area (Å²) in [5, 5.41) is 3.12. The van der Waals surface area contributed by atoms with Crippen LogP contribution in [0.5, 0.6) is 5.75 Å². The number of hydrogen-bond donors (Lipinski definition) is 0. The van der Waals surface area contributed by atoms with Gasteiger partial charge in [-0.05, 0) is 35.0 Å². The molecule has 0 atom stereocenters. The molecule has 0 aliphatic carbocycles. The van der Waals surface area contributed by atoms with Crippen molar-refractivity contribution in [1.82, 2.24) is 0 Å². The van der Waals surface area contributed by atoms with Crippen LogP contribution >= 0.6 is 11.3 Å². The fraction of sp³-hybridized carbons (Fsp3) is 0.0625. The standard InChI is InChI=1S/C16H12O2S/c1-18-13-6-2-5-12(10-13)15(17)14-7-3-4-11-8-9-19-16(11)14/h2-10H,1H3. The van der Waals surface area contributed by atoms with Gasteiger partial charge in [0.1, 0.15) is 5.75 Å². The second-order valence-electron chi connectivity index (χ2n) is 4.21. The molecule has 1 aromatic heterocycles. The predicted molar refractivity (Wildman–Crippen MR) is 78.3 cm³/mol. The van der Waals surface area contributed by atoms with Crippen LogP contribution in [-0.2, 0) is 0 Å². The van der Waals surface area contributed by atoms with Crippen molar-refractivity contribution in [2.24, 2.45) is 0 Å². The van der Waals surface area contributed by atoms with Gasteiger partial charge in [-0.25, -0.2) is 0 Å². The summed E-state index contributed by atoms with van der Waals surface area (Å²) < 4.78 is 6.20. The smallest absolute Gasteiger partial charge is 0.194 e. The first-order chi connectivity index (χ1) is 9.29. The minimum Gasteiger partial charge on any atom is -0.497 e. The van der Waals surface area contributed by atoms with Crippen LogP contribution in [0.1, 0.15) is 15.9 Å². The van der Waals surface area contributed by atoms with E-state index in [9.17, 15) is 4.79 Å². The van der Waals surface area contributed by atoms with Crippen molar-refractivity contribution in [2.45, 2.75) is 0 Å². The molecule has 0 saturated carbocycles. The molecule has 3 heteroatoms. The molecule has 2 nitrogen and oxygen atoms in total. The average molecular weight is 268 g/mol. The van der Waals surface area contributed by atoms with E-state index in [4.69, 9.17) is 4.74 Å². The van der Waals surface area contributed by atoms with Crippen LogP contribution in [0, 0.1) is 0 Å². The maximum atomic E-state index is 12.6. The number of fused-ring (bicyclic) bond motifs is 1. The van der Waals surface area contributed by atoms with Crippen molar-refractivity contribution in [2.75, 3.05) is 7.11 Å². The molecule has 0 aliphatic heterocycles. The summed E-state index contributed by atoms with van der Waals surface area (Å²) in [7, 11) is 1.60. The summed E-state index contributed by atoms with van der Waals surface area (Å²) in [6, 6.07) is 15.1. The number of benzene rings is 2. The van der Waals surface area contributed by atoms with Crippen LogP contribution < -0.4 is 4.74 Å². The average Bonchev–Trinajstić information content (AvgIpc) is 2.95. The summed E-state index contributed by atoms with van der Waals surface area (Å²) in [4.78, 5) is 12.6. The molecule has 0 aliphatic rings. The van der Waals surface area contributed by atoms with Crippen LogP contribution in [0.4, 0.5) is 0 Å². The minimum atomic E-state index is 0.0342. The monoisotopic (exact) mass is 268 g/mol. The van der Waals surface area contributed by atoms with Gasteiger partial charge in [0, 0.05) is 15.8 Å². The topological polar surface area (TPSA) is 26.3 Å². The van der Waals surface area contributed by atoms with Crippen molar-refractivity contribution in [3.05, 3.63) is 65.0 Å². The number of rotatable bonds is 3. The first-order valence-electron chi connectivity index (χ1n) is 5.94. The summed E-state index contributed by atoms with van der Waals surface area (Å²) in [6.07, 6.45) is 0. The van der Waals surface area contributed by atoms with Gasteiger partial charge in [-0.1, -0.05) is 24.3 Å². The molecular weight excluding hydrogens is 256 g/mol. The Balaban J connectivity index is 2.10. The Labute approximate surface area is 115 Å². The number of ketones is 1. The van der Waals surface area contributed by atoms with Gasteiger partial charge in [-0.15, -0.1) is 11.3 Å². The first-order valence-corrected chi connectivity index (χ1v) is 6.82. The van der Waals surface area contributed by atoms with Gasteiger partial charge < -0.3 is 4.74 Å². The number of carbonyl (C=O) groups is 1. The number of carbonyl (C=O) groups excluding carboxylic acids is 1. The van der Waals surface area contributed by atoms with E-state index in [2.05, 4.69) is 0 Å². The van der Waals surface area contributed by atoms with Crippen LogP contribution in [-0.4, -0.2) is 12.9 Å². The minimum absolute atomic E-state index is 0.0342. The SMILES string of the molecule is COc1cccc(C(=O)c2cccc3ccsc23)c1. The largest absolute Gasteiger partial charge is 0.497 e. The molecule has 0 amide bonds. The van der Waals surface area contributed by atoms with Crippen molar-refractivity contribution in [3.63, 3.8) is 0 Å². The second-order valence-corrected chi connectivity index (χ2v) is 5.12. The highest BCUT2D eigenvalue weighted by molar-refractivity contribution is 7.17. The second kappa shape index (κ2) is 4.86. The number of ether oxygens (including phenoxy) is 1. The third-order valence-electron chi connectivity index (χ3n) is 3.06. The van der Waals surface area contributed by atoms with Gasteiger partial charge in [0.25, 0.3) is 0 Å². The highest BCUT2D eigenvalue weighted by atomic mass is 32.1. The number of hydrogen-bond acceptors (Lipinski definition) is 3. The molecule has 0 unspecified atom stereocenters. The highest BCUT2D eigenvalue weighted by Crippen LogP contribution is 2.27. The molecule has 0 radical (unpaired) electrons. The zero-order valence-electron chi connectivity index (χ0n) is 10.4. The molecular formula is C16H12O2S. The van der Waals surface area contributed by atoms with Crippen molar-refractivity contribution < 1.29 is 9.53 Å². The number of methoxy groups -OCH3 is 1. The van der Waals surface area contributed by atoms with Gasteiger partial charge >= 0.3 is 0 Å². The molecule has 1 heterocycles. The third-order valence-corrected chi connectivity index (χ3v) is 4.02. The molecule has 3 rings (SSSR count). The molecule has 0 N–H and O–H groups in total. The van der Waals surface area contributed by atoms with Gasteiger partial charge in [0.15, 0.2) is 5.78 Å². The lowest BCUT2D eigenvalue weighted by molar-refractivity contribution is 0.104. The fourth-order valence-corrected chi connectivity index (χ4v) is 3.00. The lowest BCUT2D eigenvalue weighted by atomic mass is 10.0. The first kappa shape index (κ1) is 11.9. The van der Waals surface area contributed by atoms with Gasteiger partial charge in [0.05, 0.1) is 7.11 Å². The molecule has 0 spiro atoms. The Hall–Kier alpha value is -2.13. The van der Waals surface area contributed by atoms with Crippen LogP contribution in [0.3, 0.4) is 0 Å². The van der Waals surface area contributed by atoms with E-state index < -0.39 is 0 Å². The summed E-state index contributed by atoms with van der Waals surface area (Å²) in [5.41, 5.74) is 1.40. The maximum Gasteiger partial charge on any atom is 0.194 e. The molecule has 19 heavy (non-hydrogen) atoms. The van der Waals surface area contributed by atoms with Crippen molar-refractivity contribution >= 4 is 27.2 Å². The molecule has 0 saturated heterocycles. The summed E-state index contributed by atoms with van der Waals surface area (Å²) in [6.45, 7) is 0. The lowest BCUT2D eigenvalue weighted by Crippen LogP contribution is -2.01. The normalized spacial score (nSPS) is 10.6. The van der Waals surface area contributed by atoms with E-state index in [1.807, 2.05) is 47.8 Å². The van der Waals surface area contributed by atoms with E-state index in [0.717, 1.165) is 15.6 Å². The fourth-order valence-electron chi connectivity index (χ4n) is 2.09. The predicted octanol–water partition coefficient (Wildman–Crippen LogP) is 4.14. The maximum absolute atomic E-state index is 12.6. The quantitative estimate of drug-likeness (QED) is 0.667. The zero-order valence-corrected chi connectivity index (χ0v) is 11.2. The van der Waals surface area contributed by atoms with Gasteiger partial charge in [-0.2, -0.15) is 0 Å². The molecule has 0 bridgehead atoms. The van der Waals surface area contributed by atoms with E-state index >= 15 is 0 Å². The zero-order chi connectivity index (χ0) is 13.2. The van der Waals surface area contributed by atoms with Crippen molar-refractivity contribution in [1.29, 1.82) is 0 Å². The Kier molecular flexibility index (Phi) is 3.05. The third kappa shape index (κ3) is 2.13. The molecule has 2 aromatic carbocycles. The van der Waals surface area contributed by atoms with E-state index in [0.29, 0.717) is 11.3 Å². The summed E-state index contributed by atoms with van der Waals surface area (Å²) >= 11 is 1.59. The van der Waals surface area contributed by atoms with E-state index in [1.54, 1.807) is 24.5 Å². The summed E-state index contributed by atoms with van der Waals surface area (Å²) in [5.74, 6) is 0.733. The molecule has 94 valence electrons. The van der Waals surface area contributed by atoms with Gasteiger partial charge in [-0.3, -0.25) is 4.79 Å². The van der Waals surface area contributed by atoms with Crippen molar-refractivity contribution in [3.8, 4) is 5.75 Å². The Bertz CT molecular complexity index is 743.